The summed E-state index contributed by atoms with van der Waals surface area (Å²) in [6, 6.07) is 11.2. The molecule has 0 aliphatic carbocycles. The minimum atomic E-state index is -4.92. The fraction of sp³-hybridized carbons (Fsp3) is 0.242. The number of halogens is 12. The van der Waals surface area contributed by atoms with Crippen molar-refractivity contribution >= 4 is 5.78 Å². The van der Waals surface area contributed by atoms with Gasteiger partial charge in [0, 0.05) is 38.6 Å². The first-order valence-electron chi connectivity index (χ1n) is 13.4. The zero-order chi connectivity index (χ0) is 37.5. The number of nitrogens with zero attached hydrogens (tertiary/aromatic N) is 2. The second-order valence-electron chi connectivity index (χ2n) is 10.2. The Morgan fingerprint density at radius 3 is 1.18 bits per heavy atom. The van der Waals surface area contributed by atoms with Gasteiger partial charge in [-0.2, -0.15) is 52.7 Å². The predicted octanol–water partition coefficient (Wildman–Crippen LogP) is 10.8. The summed E-state index contributed by atoms with van der Waals surface area (Å²) in [6.45, 7) is 6.16. The van der Waals surface area contributed by atoms with Crippen molar-refractivity contribution in [1.82, 2.24) is 9.97 Å². The largest absolute Gasteiger partial charge is 0.512 e. The molecule has 0 saturated heterocycles. The standard InChI is InChI=1S/2C14H8F6N.C5H8O2.Ir/c2*1-8-2-3-21-12(4-8)9-5-10(13(15,16)17)7-11(6-9)14(18,19)20;1-4(6)3-5(2)7;/h2*2-5,7H,1H3;3,6H,1-2H3;/q2*-1;;/b;;4-3-;. The van der Waals surface area contributed by atoms with Crippen LogP contribution in [0.5, 0.6) is 0 Å². The molecule has 0 saturated carbocycles. The van der Waals surface area contributed by atoms with Crippen LogP contribution < -0.4 is 0 Å². The van der Waals surface area contributed by atoms with Crippen LogP contribution in [0.25, 0.3) is 22.5 Å². The van der Waals surface area contributed by atoms with Crippen molar-refractivity contribution in [2.24, 2.45) is 0 Å². The number of hydrogen-bond donors (Lipinski definition) is 1. The van der Waals surface area contributed by atoms with E-state index in [0.29, 0.717) is 23.3 Å². The number of allylic oxidation sites excluding steroid dienone is 2. The zero-order valence-electron chi connectivity index (χ0n) is 26.0. The summed E-state index contributed by atoms with van der Waals surface area (Å²) in [5.74, 6) is -0.0625. The van der Waals surface area contributed by atoms with E-state index in [1.54, 1.807) is 26.0 Å². The van der Waals surface area contributed by atoms with Crippen molar-refractivity contribution < 1.29 is 82.7 Å². The minimum absolute atomic E-state index is 0. The normalized spacial score (nSPS) is 12.1. The number of pyridine rings is 2. The molecule has 1 radical (unpaired) electrons. The summed E-state index contributed by atoms with van der Waals surface area (Å²) in [6.07, 6.45) is -15.8. The van der Waals surface area contributed by atoms with Gasteiger partial charge in [-0.1, -0.05) is 23.3 Å². The number of aliphatic hydroxyl groups excluding tert-OH is 1. The van der Waals surface area contributed by atoms with Crippen molar-refractivity contribution in [3.05, 3.63) is 118 Å². The molecule has 0 unspecified atom stereocenters. The molecule has 0 spiro atoms. The van der Waals surface area contributed by atoms with Crippen LogP contribution in [0.1, 0.15) is 47.2 Å². The molecule has 0 amide bonds. The number of ketones is 1. The van der Waals surface area contributed by atoms with E-state index in [9.17, 15) is 57.5 Å². The Morgan fingerprint density at radius 2 is 0.960 bits per heavy atom. The van der Waals surface area contributed by atoms with Gasteiger partial charge in [-0.3, -0.25) is 4.79 Å². The van der Waals surface area contributed by atoms with Crippen molar-refractivity contribution in [2.75, 3.05) is 0 Å². The molecule has 17 heteroatoms. The summed E-state index contributed by atoms with van der Waals surface area (Å²) in [5.41, 5.74) is -5.07. The van der Waals surface area contributed by atoms with Crippen LogP contribution in [-0.2, 0) is 49.6 Å². The average Bonchev–Trinajstić information content (AvgIpc) is 2.95. The molecule has 0 bridgehead atoms. The van der Waals surface area contributed by atoms with Crippen molar-refractivity contribution in [3.8, 4) is 22.5 Å². The van der Waals surface area contributed by atoms with E-state index in [0.717, 1.165) is 0 Å². The second-order valence-corrected chi connectivity index (χ2v) is 10.2. The van der Waals surface area contributed by atoms with E-state index >= 15 is 0 Å². The van der Waals surface area contributed by atoms with Gasteiger partial charge in [0.2, 0.25) is 0 Å². The average molecular weight is 901 g/mol. The van der Waals surface area contributed by atoms with Crippen molar-refractivity contribution in [3.63, 3.8) is 0 Å². The maximum atomic E-state index is 12.7. The van der Waals surface area contributed by atoms with Gasteiger partial charge in [-0.25, -0.2) is 0 Å². The van der Waals surface area contributed by atoms with E-state index in [1.807, 2.05) is 12.1 Å². The third-order valence-electron chi connectivity index (χ3n) is 5.80. The monoisotopic (exact) mass is 901 g/mol. The van der Waals surface area contributed by atoms with Gasteiger partial charge in [0.15, 0.2) is 5.78 Å². The van der Waals surface area contributed by atoms with Crippen molar-refractivity contribution in [1.29, 1.82) is 0 Å². The van der Waals surface area contributed by atoms with E-state index in [1.165, 1.54) is 44.4 Å². The first-order chi connectivity index (χ1) is 22.3. The van der Waals surface area contributed by atoms with Crippen molar-refractivity contribution in [2.45, 2.75) is 52.4 Å². The predicted molar refractivity (Wildman–Crippen MR) is 154 cm³/mol. The molecular weight excluding hydrogens is 877 g/mol. The zero-order valence-corrected chi connectivity index (χ0v) is 28.4. The van der Waals surface area contributed by atoms with E-state index < -0.39 is 47.0 Å². The number of benzene rings is 2. The molecule has 4 aromatic rings. The molecule has 2 heterocycles. The molecule has 4 nitrogen and oxygen atoms in total. The number of carbonyl (C=O) groups is 1. The Bertz CT molecular complexity index is 1610. The summed E-state index contributed by atoms with van der Waals surface area (Å²) in [5, 5.41) is 8.36. The molecule has 0 aliphatic heterocycles. The fourth-order valence-electron chi connectivity index (χ4n) is 3.71. The number of aryl methyl sites for hydroxylation is 2. The second kappa shape index (κ2) is 17.1. The molecular formula is C33H24F12IrN2O2-2. The molecule has 0 fully saturated rings. The molecule has 2 aromatic heterocycles. The third-order valence-corrected chi connectivity index (χ3v) is 5.80. The summed E-state index contributed by atoms with van der Waals surface area (Å²) >= 11 is 0. The summed E-state index contributed by atoms with van der Waals surface area (Å²) in [7, 11) is 0. The van der Waals surface area contributed by atoms with Crippen LogP contribution in [0, 0.1) is 26.0 Å². The van der Waals surface area contributed by atoms with E-state index in [-0.39, 0.29) is 66.3 Å². The Balaban J connectivity index is 0.000000414. The first-order valence-corrected chi connectivity index (χ1v) is 13.4. The minimum Gasteiger partial charge on any atom is -0.512 e. The molecule has 273 valence electrons. The number of rotatable bonds is 3. The third kappa shape index (κ3) is 13.9. The maximum Gasteiger partial charge on any atom is 0.399 e. The van der Waals surface area contributed by atoms with Crippen LogP contribution in [0.15, 0.2) is 72.8 Å². The van der Waals surface area contributed by atoms with Crippen LogP contribution in [-0.4, -0.2) is 20.9 Å². The Morgan fingerprint density at radius 1 is 0.620 bits per heavy atom. The smallest absolute Gasteiger partial charge is 0.399 e. The van der Waals surface area contributed by atoms with Gasteiger partial charge < -0.3 is 15.1 Å². The van der Waals surface area contributed by atoms with E-state index in [2.05, 4.69) is 9.97 Å². The quantitative estimate of drug-likeness (QED) is 0.0963. The first kappa shape index (κ1) is 43.8. The SMILES string of the molecule is CC(=O)/C=C(/C)O.Cc1ccnc(-c2[c-]c(C(F)(F)F)cc(C(F)(F)F)c2)c1.Cc1ccnc(-c2[c-]c(C(F)(F)F)cc(C(F)(F)F)c2)c1.[Ir]. The fourth-order valence-corrected chi connectivity index (χ4v) is 3.71. The molecule has 1 N–H and O–H groups in total. The van der Waals surface area contributed by atoms with Gasteiger partial charge in [0.25, 0.3) is 0 Å². The van der Waals surface area contributed by atoms with Gasteiger partial charge in [-0.15, -0.1) is 47.5 Å². The van der Waals surface area contributed by atoms with Gasteiger partial charge >= 0.3 is 24.7 Å². The maximum absolute atomic E-state index is 12.7. The summed E-state index contributed by atoms with van der Waals surface area (Å²) < 4.78 is 153. The number of aliphatic hydroxyl groups is 1. The van der Waals surface area contributed by atoms with Crippen LogP contribution in [0.3, 0.4) is 0 Å². The molecule has 4 rings (SSSR count). The number of aromatic nitrogens is 2. The number of carbonyl (C=O) groups excluding carboxylic acids is 1. The molecule has 2 aromatic carbocycles. The Labute approximate surface area is 291 Å². The summed E-state index contributed by atoms with van der Waals surface area (Å²) in [4.78, 5) is 17.6. The van der Waals surface area contributed by atoms with Gasteiger partial charge in [-0.05, 0) is 73.5 Å². The van der Waals surface area contributed by atoms with Crippen LogP contribution >= 0.6 is 0 Å². The van der Waals surface area contributed by atoms with Gasteiger partial charge in [0.1, 0.15) is 0 Å². The molecule has 50 heavy (non-hydrogen) atoms. The van der Waals surface area contributed by atoms with E-state index in [4.69, 9.17) is 5.11 Å². The Hall–Kier alpha value is -4.24. The van der Waals surface area contributed by atoms with Crippen LogP contribution in [0.4, 0.5) is 52.7 Å². The van der Waals surface area contributed by atoms with Crippen LogP contribution in [0.2, 0.25) is 0 Å². The number of hydrogen-bond acceptors (Lipinski definition) is 4. The van der Waals surface area contributed by atoms with Gasteiger partial charge in [0.05, 0.1) is 5.76 Å². The Kier molecular flexibility index (Phi) is 15.0. The number of alkyl halides is 12. The molecule has 0 atom stereocenters. The topological polar surface area (TPSA) is 63.1 Å². The molecule has 0 aliphatic rings.